The average molecular weight is 510 g/mol. The van der Waals surface area contributed by atoms with E-state index in [1.807, 2.05) is 42.5 Å². The van der Waals surface area contributed by atoms with Crippen LogP contribution in [0.3, 0.4) is 0 Å². The zero-order valence-corrected chi connectivity index (χ0v) is 21.3. The molecule has 1 atom stereocenters. The largest absolute Gasteiger partial charge is 0.507 e. The van der Waals surface area contributed by atoms with Gasteiger partial charge in [0.1, 0.15) is 23.4 Å². The van der Waals surface area contributed by atoms with Gasteiger partial charge in [-0.2, -0.15) is 0 Å². The summed E-state index contributed by atoms with van der Waals surface area (Å²) in [7, 11) is 0. The lowest BCUT2D eigenvalue weighted by Gasteiger charge is -2.32. The highest BCUT2D eigenvalue weighted by atomic mass is 16.5. The number of nitrogens with zero attached hydrogens (tertiary/aromatic N) is 3. The first-order valence-corrected chi connectivity index (χ1v) is 12.9. The van der Waals surface area contributed by atoms with Gasteiger partial charge in [-0.1, -0.05) is 60.7 Å². The van der Waals surface area contributed by atoms with Crippen molar-refractivity contribution in [1.29, 1.82) is 0 Å². The number of phenolic OH excluding ortho intramolecular Hbond substituents is 2. The van der Waals surface area contributed by atoms with E-state index in [1.165, 1.54) is 17.2 Å². The second-order valence-electron chi connectivity index (χ2n) is 10.1. The van der Waals surface area contributed by atoms with Crippen LogP contribution in [0.1, 0.15) is 51.3 Å². The van der Waals surface area contributed by atoms with Crippen molar-refractivity contribution in [2.24, 2.45) is 0 Å². The Bertz CT molecular complexity index is 1400. The highest BCUT2D eigenvalue weighted by Crippen LogP contribution is 2.47. The minimum atomic E-state index is -0.655. The quantitative estimate of drug-likeness (QED) is 0.332. The number of aryl methyl sites for hydroxylation is 1. The summed E-state index contributed by atoms with van der Waals surface area (Å²) < 4.78 is 6.06. The Morgan fingerprint density at radius 1 is 0.816 bits per heavy atom. The molecule has 1 unspecified atom stereocenters. The topological polar surface area (TPSA) is 89.3 Å². The third-order valence-corrected chi connectivity index (χ3v) is 7.59. The summed E-state index contributed by atoms with van der Waals surface area (Å²) >= 11 is 0. The zero-order valence-electron chi connectivity index (χ0n) is 21.3. The third kappa shape index (κ3) is 4.49. The van der Waals surface area contributed by atoms with Crippen molar-refractivity contribution in [2.45, 2.75) is 38.9 Å². The molecule has 0 amide bonds. The van der Waals surface area contributed by atoms with E-state index in [0.717, 1.165) is 31.7 Å². The van der Waals surface area contributed by atoms with Crippen LogP contribution < -0.4 is 0 Å². The Morgan fingerprint density at radius 3 is 2.00 bits per heavy atom. The van der Waals surface area contributed by atoms with E-state index >= 15 is 0 Å². The maximum Gasteiger partial charge on any atom is 0.143 e. The molecule has 7 heteroatoms. The third-order valence-electron chi connectivity index (χ3n) is 7.59. The lowest BCUT2D eigenvalue weighted by molar-refractivity contribution is 0.0900. The molecule has 1 saturated heterocycles. The Labute approximate surface area is 222 Å². The molecule has 0 saturated carbocycles. The number of hydrogen-bond acceptors (Lipinski definition) is 7. The first-order valence-electron chi connectivity index (χ1n) is 12.9. The van der Waals surface area contributed by atoms with Gasteiger partial charge in [0.15, 0.2) is 0 Å². The number of phenols is 2. The molecule has 7 nitrogen and oxygen atoms in total. The first-order chi connectivity index (χ1) is 18.5. The van der Waals surface area contributed by atoms with E-state index in [0.29, 0.717) is 29.0 Å². The van der Waals surface area contributed by atoms with Crippen molar-refractivity contribution in [1.82, 2.24) is 14.8 Å². The molecule has 0 spiro atoms. The predicted molar refractivity (Wildman–Crippen MR) is 143 cm³/mol. The van der Waals surface area contributed by atoms with Crippen molar-refractivity contribution in [3.05, 3.63) is 118 Å². The van der Waals surface area contributed by atoms with Crippen LogP contribution in [0.2, 0.25) is 0 Å². The van der Waals surface area contributed by atoms with Gasteiger partial charge in [0.25, 0.3) is 0 Å². The Hall–Kier alpha value is -3.91. The van der Waals surface area contributed by atoms with Crippen LogP contribution in [0.5, 0.6) is 17.2 Å². The molecule has 3 aromatic carbocycles. The minimum Gasteiger partial charge on any atom is -0.507 e. The molecule has 1 aromatic heterocycles. The monoisotopic (exact) mass is 509 g/mol. The number of hydrogen-bond donors (Lipinski definition) is 3. The standard InChI is InChI=1S/C31H31N3O4/c1-20-29(37)28-23(16-32-20)19-38-30(28)24-14-25(27(36)15-26(24)35)31-33(17-21-8-4-2-5-9-21)12-13-34(31)18-22-10-6-3-7-11-22/h2-11,14-16,30-31,35-37H,12-13,17-19H2,1H3. The van der Waals surface area contributed by atoms with Crippen LogP contribution in [0.15, 0.2) is 79.0 Å². The van der Waals surface area contributed by atoms with Gasteiger partial charge in [0.2, 0.25) is 0 Å². The fourth-order valence-electron chi connectivity index (χ4n) is 5.68. The SMILES string of the molecule is Cc1ncc2c(c1O)C(c1cc(C3N(Cc4ccccc4)CCN3Cc3ccccc3)c(O)cc1O)OC2. The van der Waals surface area contributed by atoms with E-state index in [2.05, 4.69) is 39.0 Å². The second kappa shape index (κ2) is 10.1. The normalized spacial score (nSPS) is 18.2. The fraction of sp³-hybridized carbons (Fsp3) is 0.258. The zero-order chi connectivity index (χ0) is 26.2. The van der Waals surface area contributed by atoms with Gasteiger partial charge >= 0.3 is 0 Å². The molecule has 1 fully saturated rings. The lowest BCUT2D eigenvalue weighted by atomic mass is 9.95. The van der Waals surface area contributed by atoms with Crippen molar-refractivity contribution in [3.8, 4) is 17.2 Å². The Kier molecular flexibility index (Phi) is 6.49. The molecule has 4 aromatic rings. The molecular weight excluding hydrogens is 478 g/mol. The molecular formula is C31H31N3O4. The van der Waals surface area contributed by atoms with Gasteiger partial charge in [-0.25, -0.2) is 0 Å². The molecule has 2 aliphatic heterocycles. The summed E-state index contributed by atoms with van der Waals surface area (Å²) in [6.07, 6.45) is 0.837. The molecule has 38 heavy (non-hydrogen) atoms. The number of aromatic hydroxyl groups is 3. The summed E-state index contributed by atoms with van der Waals surface area (Å²) in [6.45, 7) is 5.14. The molecule has 2 aliphatic rings. The van der Waals surface area contributed by atoms with E-state index in [9.17, 15) is 15.3 Å². The van der Waals surface area contributed by atoms with E-state index in [4.69, 9.17) is 4.74 Å². The Morgan fingerprint density at radius 2 is 1.39 bits per heavy atom. The van der Waals surface area contributed by atoms with Crippen molar-refractivity contribution in [2.75, 3.05) is 13.1 Å². The van der Waals surface area contributed by atoms with Gasteiger partial charge in [-0.05, 0) is 24.1 Å². The Balaban J connectivity index is 1.41. The van der Waals surface area contributed by atoms with Gasteiger partial charge in [0.05, 0.1) is 18.5 Å². The number of aromatic nitrogens is 1. The lowest BCUT2D eigenvalue weighted by Crippen LogP contribution is -2.30. The van der Waals surface area contributed by atoms with E-state index < -0.39 is 6.10 Å². The maximum absolute atomic E-state index is 11.2. The van der Waals surface area contributed by atoms with Crippen molar-refractivity contribution >= 4 is 0 Å². The highest BCUT2D eigenvalue weighted by Gasteiger charge is 2.37. The second-order valence-corrected chi connectivity index (χ2v) is 10.1. The van der Waals surface area contributed by atoms with Crippen LogP contribution in [-0.4, -0.2) is 43.2 Å². The van der Waals surface area contributed by atoms with E-state index in [-0.39, 0.29) is 23.4 Å². The number of ether oxygens (including phenoxy) is 1. The summed E-state index contributed by atoms with van der Waals surface area (Å²) in [5, 5.41) is 32.9. The maximum atomic E-state index is 11.2. The smallest absolute Gasteiger partial charge is 0.143 e. The molecule has 0 radical (unpaired) electrons. The van der Waals surface area contributed by atoms with Crippen LogP contribution >= 0.6 is 0 Å². The van der Waals surface area contributed by atoms with Gasteiger partial charge in [0, 0.05) is 60.7 Å². The fourth-order valence-corrected chi connectivity index (χ4v) is 5.68. The summed E-state index contributed by atoms with van der Waals surface area (Å²) in [4.78, 5) is 8.95. The van der Waals surface area contributed by atoms with Gasteiger partial charge < -0.3 is 20.1 Å². The average Bonchev–Trinajstić information content (AvgIpc) is 3.52. The van der Waals surface area contributed by atoms with Crippen LogP contribution in [0.25, 0.3) is 0 Å². The number of benzene rings is 3. The van der Waals surface area contributed by atoms with Crippen LogP contribution in [0.4, 0.5) is 0 Å². The first kappa shape index (κ1) is 24.4. The number of fused-ring (bicyclic) bond motifs is 1. The van der Waals surface area contributed by atoms with Gasteiger partial charge in [-0.3, -0.25) is 14.8 Å². The van der Waals surface area contributed by atoms with E-state index in [1.54, 1.807) is 13.1 Å². The molecule has 3 heterocycles. The van der Waals surface area contributed by atoms with Crippen LogP contribution in [0, 0.1) is 6.92 Å². The predicted octanol–water partition coefficient (Wildman–Crippen LogP) is 5.14. The molecule has 194 valence electrons. The molecule has 0 bridgehead atoms. The molecule has 0 aliphatic carbocycles. The van der Waals surface area contributed by atoms with Crippen molar-refractivity contribution in [3.63, 3.8) is 0 Å². The van der Waals surface area contributed by atoms with Gasteiger partial charge in [-0.15, -0.1) is 0 Å². The minimum absolute atomic E-state index is 0.0302. The highest BCUT2D eigenvalue weighted by molar-refractivity contribution is 5.54. The molecule has 3 N–H and O–H groups in total. The summed E-state index contributed by atoms with van der Waals surface area (Å²) in [5.41, 5.74) is 5.53. The summed E-state index contributed by atoms with van der Waals surface area (Å²) in [6, 6.07) is 23.9. The van der Waals surface area contributed by atoms with Crippen molar-refractivity contribution < 1.29 is 20.1 Å². The van der Waals surface area contributed by atoms with Crippen LogP contribution in [-0.2, 0) is 24.4 Å². The summed E-state index contributed by atoms with van der Waals surface area (Å²) in [5.74, 6) is 0.0408. The number of pyridine rings is 1. The molecule has 6 rings (SSSR count). The number of rotatable bonds is 6.